The molecule has 4 rings (SSSR count). The Morgan fingerprint density at radius 3 is 2.58 bits per heavy atom. The Bertz CT molecular complexity index is 1170. The van der Waals surface area contributed by atoms with Crippen molar-refractivity contribution in [1.29, 1.82) is 0 Å². The van der Waals surface area contributed by atoms with Gasteiger partial charge in [0.1, 0.15) is 23.3 Å². The largest absolute Gasteiger partial charge is 0.507 e. The zero-order chi connectivity index (χ0) is 23.4. The number of rotatable bonds is 8. The normalized spacial score (nSPS) is 17.4. The second-order valence-corrected chi connectivity index (χ2v) is 8.32. The number of Topliss-reactive ketones (excluding diaryl/α,β-unsaturated/α-hetero) is 1. The molecule has 7 nitrogen and oxygen atoms in total. The third-order valence-corrected chi connectivity index (χ3v) is 6.09. The number of ketones is 1. The van der Waals surface area contributed by atoms with Crippen LogP contribution in [0.1, 0.15) is 36.0 Å². The van der Waals surface area contributed by atoms with Gasteiger partial charge in [0.05, 0.1) is 36.6 Å². The Morgan fingerprint density at radius 1 is 1.09 bits per heavy atom. The van der Waals surface area contributed by atoms with Crippen molar-refractivity contribution in [3.05, 3.63) is 81.8 Å². The number of amides is 1. The van der Waals surface area contributed by atoms with Crippen LogP contribution in [0.15, 0.2) is 65.7 Å². The molecule has 1 aromatic carbocycles. The molecular weight excluding hydrogens is 440 g/mol. The van der Waals surface area contributed by atoms with Gasteiger partial charge in [-0.3, -0.25) is 14.6 Å². The second kappa shape index (κ2) is 9.87. The summed E-state index contributed by atoms with van der Waals surface area (Å²) < 4.78 is 11.3. The van der Waals surface area contributed by atoms with Crippen LogP contribution in [0.4, 0.5) is 0 Å². The first-order chi connectivity index (χ1) is 16.0. The number of aromatic nitrogens is 1. The molecule has 1 aliphatic rings. The highest BCUT2D eigenvalue weighted by atomic mass is 32.1. The van der Waals surface area contributed by atoms with Gasteiger partial charge in [-0.15, -0.1) is 11.3 Å². The van der Waals surface area contributed by atoms with E-state index < -0.39 is 17.7 Å². The molecule has 170 valence electrons. The molecule has 33 heavy (non-hydrogen) atoms. The number of aliphatic hydroxyl groups excluding tert-OH is 1. The van der Waals surface area contributed by atoms with Gasteiger partial charge in [0, 0.05) is 17.1 Å². The lowest BCUT2D eigenvalue weighted by Crippen LogP contribution is -2.29. The summed E-state index contributed by atoms with van der Waals surface area (Å²) in [6.45, 7) is 4.76. The second-order valence-electron chi connectivity index (χ2n) is 7.28. The maximum atomic E-state index is 13.2. The van der Waals surface area contributed by atoms with Gasteiger partial charge in [-0.25, -0.2) is 0 Å². The molecule has 0 aliphatic carbocycles. The molecule has 0 spiro atoms. The van der Waals surface area contributed by atoms with Crippen molar-refractivity contribution in [2.75, 3.05) is 13.2 Å². The van der Waals surface area contributed by atoms with Gasteiger partial charge in [0.25, 0.3) is 11.7 Å². The van der Waals surface area contributed by atoms with E-state index >= 15 is 0 Å². The van der Waals surface area contributed by atoms with Crippen LogP contribution in [0.5, 0.6) is 11.5 Å². The number of nitrogens with zero attached hydrogens (tertiary/aromatic N) is 2. The molecule has 1 unspecified atom stereocenters. The van der Waals surface area contributed by atoms with Gasteiger partial charge >= 0.3 is 0 Å². The Hall–Kier alpha value is -3.65. The molecule has 1 N–H and O–H groups in total. The molecule has 2 aromatic heterocycles. The van der Waals surface area contributed by atoms with Crippen molar-refractivity contribution in [3.63, 3.8) is 0 Å². The molecule has 1 amide bonds. The number of carbonyl (C=O) groups excluding carboxylic acids is 2. The Labute approximate surface area is 195 Å². The average Bonchev–Trinajstić information content (AvgIpc) is 3.42. The van der Waals surface area contributed by atoms with Gasteiger partial charge in [0.2, 0.25) is 0 Å². The van der Waals surface area contributed by atoms with Crippen LogP contribution >= 0.6 is 11.3 Å². The summed E-state index contributed by atoms with van der Waals surface area (Å²) in [5.74, 6) is -0.785. The highest BCUT2D eigenvalue weighted by Gasteiger charge is 2.47. The minimum absolute atomic E-state index is 0.0135. The Kier molecular flexibility index (Phi) is 6.74. The molecule has 1 aliphatic heterocycles. The van der Waals surface area contributed by atoms with E-state index in [2.05, 4.69) is 4.98 Å². The fourth-order valence-corrected chi connectivity index (χ4v) is 4.54. The van der Waals surface area contributed by atoms with E-state index in [1.54, 1.807) is 42.6 Å². The number of hydrogen-bond acceptors (Lipinski definition) is 7. The van der Waals surface area contributed by atoms with E-state index in [4.69, 9.17) is 9.47 Å². The number of pyridine rings is 1. The van der Waals surface area contributed by atoms with Gasteiger partial charge < -0.3 is 19.5 Å². The summed E-state index contributed by atoms with van der Waals surface area (Å²) in [6, 6.07) is 13.2. The van der Waals surface area contributed by atoms with Crippen molar-refractivity contribution >= 4 is 28.8 Å². The third-order valence-electron chi connectivity index (χ3n) is 5.23. The summed E-state index contributed by atoms with van der Waals surface area (Å²) >= 11 is 1.49. The van der Waals surface area contributed by atoms with E-state index in [1.165, 1.54) is 16.2 Å². The fraction of sp³-hybridized carbons (Fsp3) is 0.240. The van der Waals surface area contributed by atoms with Crippen LogP contribution in [0.3, 0.4) is 0 Å². The highest BCUT2D eigenvalue weighted by molar-refractivity contribution is 7.09. The quantitative estimate of drug-likeness (QED) is 0.299. The van der Waals surface area contributed by atoms with Crippen molar-refractivity contribution < 1.29 is 24.2 Å². The van der Waals surface area contributed by atoms with Gasteiger partial charge in [-0.2, -0.15) is 0 Å². The first kappa shape index (κ1) is 22.5. The van der Waals surface area contributed by atoms with Gasteiger partial charge in [-0.1, -0.05) is 12.1 Å². The van der Waals surface area contributed by atoms with Crippen LogP contribution in [0.2, 0.25) is 0 Å². The lowest BCUT2D eigenvalue weighted by molar-refractivity contribution is -0.140. The zero-order valence-corrected chi connectivity index (χ0v) is 19.2. The van der Waals surface area contributed by atoms with Crippen molar-refractivity contribution in [1.82, 2.24) is 9.88 Å². The molecule has 1 atom stereocenters. The number of likely N-dealkylation sites (tertiary alicyclic amines) is 1. The van der Waals surface area contributed by atoms with E-state index in [-0.39, 0.29) is 17.9 Å². The summed E-state index contributed by atoms with van der Waals surface area (Å²) in [5.41, 5.74) is 0.800. The molecule has 0 saturated carbocycles. The maximum absolute atomic E-state index is 13.2. The average molecular weight is 465 g/mol. The smallest absolute Gasteiger partial charge is 0.296 e. The molecule has 0 bridgehead atoms. The van der Waals surface area contributed by atoms with Crippen LogP contribution < -0.4 is 9.47 Å². The van der Waals surface area contributed by atoms with Crippen LogP contribution in [0, 0.1) is 0 Å². The number of benzene rings is 1. The Balaban J connectivity index is 1.86. The van der Waals surface area contributed by atoms with Gasteiger partial charge in [0.15, 0.2) is 0 Å². The lowest BCUT2D eigenvalue weighted by atomic mass is 9.97. The third kappa shape index (κ3) is 4.47. The molecule has 3 heterocycles. The van der Waals surface area contributed by atoms with Crippen LogP contribution in [0.25, 0.3) is 5.76 Å². The summed E-state index contributed by atoms with van der Waals surface area (Å²) in [5, 5.41) is 13.3. The topological polar surface area (TPSA) is 89.0 Å². The molecule has 8 heteroatoms. The van der Waals surface area contributed by atoms with E-state index in [0.717, 1.165) is 4.88 Å². The summed E-state index contributed by atoms with van der Waals surface area (Å²) in [7, 11) is 0. The fourth-order valence-electron chi connectivity index (χ4n) is 3.83. The van der Waals surface area contributed by atoms with Crippen molar-refractivity contribution in [2.24, 2.45) is 0 Å². The lowest BCUT2D eigenvalue weighted by Gasteiger charge is -2.24. The number of thiophene rings is 1. The maximum Gasteiger partial charge on any atom is 0.296 e. The molecule has 1 fully saturated rings. The number of aliphatic hydroxyl groups is 1. The minimum atomic E-state index is -0.825. The predicted molar refractivity (Wildman–Crippen MR) is 125 cm³/mol. The molecular formula is C25H24N2O5S. The summed E-state index contributed by atoms with van der Waals surface area (Å²) in [4.78, 5) is 33.0. The predicted octanol–water partition coefficient (Wildman–Crippen LogP) is 4.56. The van der Waals surface area contributed by atoms with E-state index in [9.17, 15) is 14.7 Å². The standard InChI is InChI=1S/C25H24N2O5S/c1-3-31-16-10-11-18(20(14-16)32-4-2)23(28)21-22(19-9-5-6-12-26-19)27(25(30)24(21)29)15-17-8-7-13-33-17/h5-14,22,28H,3-4,15H2,1-2H3/b23-21-. The van der Waals surface area contributed by atoms with Crippen LogP contribution in [-0.2, 0) is 16.1 Å². The monoisotopic (exact) mass is 464 g/mol. The SMILES string of the molecule is CCOc1ccc(/C(O)=C2/C(=O)C(=O)N(Cc3cccs3)C2c2ccccn2)c(OCC)c1. The summed E-state index contributed by atoms with van der Waals surface area (Å²) in [6.07, 6.45) is 1.60. The molecule has 3 aromatic rings. The van der Waals surface area contributed by atoms with Gasteiger partial charge in [-0.05, 0) is 49.6 Å². The van der Waals surface area contributed by atoms with E-state index in [0.29, 0.717) is 36.0 Å². The van der Waals surface area contributed by atoms with Crippen LogP contribution in [-0.4, -0.2) is 39.9 Å². The molecule has 0 radical (unpaired) electrons. The minimum Gasteiger partial charge on any atom is -0.507 e. The first-order valence-electron chi connectivity index (χ1n) is 10.7. The Morgan fingerprint density at radius 2 is 1.91 bits per heavy atom. The van der Waals surface area contributed by atoms with Crippen molar-refractivity contribution in [2.45, 2.75) is 26.4 Å². The number of carbonyl (C=O) groups is 2. The first-order valence-corrected chi connectivity index (χ1v) is 11.5. The zero-order valence-electron chi connectivity index (χ0n) is 18.4. The van der Waals surface area contributed by atoms with Crippen molar-refractivity contribution in [3.8, 4) is 11.5 Å². The number of hydrogen-bond donors (Lipinski definition) is 1. The number of ether oxygens (including phenoxy) is 2. The van der Waals surface area contributed by atoms with E-state index in [1.807, 2.05) is 31.4 Å². The highest BCUT2D eigenvalue weighted by Crippen LogP contribution is 2.41. The molecule has 1 saturated heterocycles.